The highest BCUT2D eigenvalue weighted by molar-refractivity contribution is 5.80. The summed E-state index contributed by atoms with van der Waals surface area (Å²) in [4.78, 5) is 14.7. The minimum absolute atomic E-state index is 0.00918. The van der Waals surface area contributed by atoms with Crippen molar-refractivity contribution in [2.75, 3.05) is 13.1 Å². The van der Waals surface area contributed by atoms with E-state index in [-0.39, 0.29) is 30.1 Å². The summed E-state index contributed by atoms with van der Waals surface area (Å²) in [5.74, 6) is 0.162. The Bertz CT molecular complexity index is 544. The second-order valence-electron chi connectivity index (χ2n) is 6.99. The highest BCUT2D eigenvalue weighted by Crippen LogP contribution is 2.32. The van der Waals surface area contributed by atoms with E-state index in [1.807, 2.05) is 13.8 Å². The molecule has 3 atom stereocenters. The summed E-state index contributed by atoms with van der Waals surface area (Å²) in [5, 5.41) is 3.03. The first-order chi connectivity index (χ1) is 10.5. The molecule has 2 bridgehead atoms. The van der Waals surface area contributed by atoms with Gasteiger partial charge in [0.1, 0.15) is 0 Å². The van der Waals surface area contributed by atoms with Gasteiger partial charge in [0.2, 0.25) is 5.91 Å². The number of benzene rings is 1. The number of likely N-dealkylation sites (tertiary alicyclic amines) is 1. The third-order valence-electron chi connectivity index (χ3n) is 4.49. The van der Waals surface area contributed by atoms with Crippen LogP contribution >= 0.6 is 0 Å². The Morgan fingerprint density at radius 3 is 2.95 bits per heavy atom. The first-order valence-electron chi connectivity index (χ1n) is 8.25. The molecular weight excluding hydrogens is 276 g/mol. The minimum atomic E-state index is 0.00918. The molecule has 2 saturated heterocycles. The van der Waals surface area contributed by atoms with E-state index in [2.05, 4.69) is 41.4 Å². The molecule has 0 saturated carbocycles. The maximum absolute atomic E-state index is 12.3. The number of hydrogen-bond acceptors (Lipinski definition) is 3. The predicted molar refractivity (Wildman–Crippen MR) is 86.5 cm³/mol. The Balaban J connectivity index is 1.62. The monoisotopic (exact) mass is 302 g/mol. The number of carbonyl (C=O) groups excluding carboxylic acids is 1. The molecule has 0 aromatic heterocycles. The van der Waals surface area contributed by atoms with E-state index < -0.39 is 0 Å². The molecule has 2 aliphatic heterocycles. The van der Waals surface area contributed by atoms with Crippen molar-refractivity contribution in [1.29, 1.82) is 0 Å². The van der Waals surface area contributed by atoms with Crippen LogP contribution in [0.5, 0.6) is 0 Å². The molecule has 120 valence electrons. The van der Waals surface area contributed by atoms with Gasteiger partial charge in [0.25, 0.3) is 0 Å². The van der Waals surface area contributed by atoms with E-state index in [9.17, 15) is 4.79 Å². The van der Waals surface area contributed by atoms with Gasteiger partial charge in [-0.1, -0.05) is 29.8 Å². The van der Waals surface area contributed by atoms with E-state index in [0.29, 0.717) is 0 Å². The van der Waals surface area contributed by atoms with Gasteiger partial charge in [0.05, 0.1) is 18.1 Å². The molecule has 0 radical (unpaired) electrons. The number of morpholine rings is 1. The summed E-state index contributed by atoms with van der Waals surface area (Å²) < 4.78 is 6.00. The Hall–Kier alpha value is -1.39. The Kier molecular flexibility index (Phi) is 4.50. The van der Waals surface area contributed by atoms with Crippen LogP contribution in [0.2, 0.25) is 0 Å². The van der Waals surface area contributed by atoms with Gasteiger partial charge in [0.15, 0.2) is 0 Å². The Morgan fingerprint density at radius 2 is 2.23 bits per heavy atom. The second kappa shape index (κ2) is 6.39. The number of carbonyl (C=O) groups is 1. The highest BCUT2D eigenvalue weighted by Gasteiger charge is 2.44. The van der Waals surface area contributed by atoms with Gasteiger partial charge in [-0.05, 0) is 32.8 Å². The number of amides is 1. The zero-order chi connectivity index (χ0) is 15.7. The summed E-state index contributed by atoms with van der Waals surface area (Å²) in [6.45, 7) is 8.85. The number of ether oxygens (including phenoxy) is 1. The van der Waals surface area contributed by atoms with Crippen LogP contribution in [-0.2, 0) is 16.1 Å². The predicted octanol–water partition coefficient (Wildman–Crippen LogP) is 2.11. The third kappa shape index (κ3) is 3.50. The molecule has 0 spiro atoms. The lowest BCUT2D eigenvalue weighted by Gasteiger charge is -2.32. The van der Waals surface area contributed by atoms with Crippen LogP contribution in [0, 0.1) is 12.8 Å². The van der Waals surface area contributed by atoms with Gasteiger partial charge >= 0.3 is 0 Å². The fraction of sp³-hybridized carbons (Fsp3) is 0.611. The number of nitrogens with one attached hydrogen (secondary N) is 1. The van der Waals surface area contributed by atoms with Crippen LogP contribution in [0.15, 0.2) is 24.3 Å². The minimum Gasteiger partial charge on any atom is -0.371 e. The van der Waals surface area contributed by atoms with Crippen LogP contribution in [0.3, 0.4) is 0 Å². The van der Waals surface area contributed by atoms with E-state index in [1.54, 1.807) is 0 Å². The molecule has 2 fully saturated rings. The van der Waals surface area contributed by atoms with Crippen molar-refractivity contribution in [2.45, 2.75) is 52.0 Å². The average Bonchev–Trinajstić information content (AvgIpc) is 2.73. The van der Waals surface area contributed by atoms with E-state index in [0.717, 1.165) is 26.1 Å². The summed E-state index contributed by atoms with van der Waals surface area (Å²) in [6, 6.07) is 8.83. The Morgan fingerprint density at radius 1 is 1.41 bits per heavy atom. The molecule has 2 aliphatic rings. The summed E-state index contributed by atoms with van der Waals surface area (Å²) in [6.07, 6.45) is 1.10. The molecule has 1 aromatic carbocycles. The van der Waals surface area contributed by atoms with Crippen molar-refractivity contribution in [1.82, 2.24) is 10.2 Å². The van der Waals surface area contributed by atoms with Crippen LogP contribution in [-0.4, -0.2) is 42.1 Å². The number of rotatable bonds is 4. The van der Waals surface area contributed by atoms with Crippen LogP contribution in [0.25, 0.3) is 0 Å². The largest absolute Gasteiger partial charge is 0.371 e. The molecule has 1 amide bonds. The number of fused-ring (bicyclic) bond motifs is 2. The zero-order valence-corrected chi connectivity index (χ0v) is 13.7. The van der Waals surface area contributed by atoms with Crippen molar-refractivity contribution >= 4 is 5.91 Å². The summed E-state index contributed by atoms with van der Waals surface area (Å²) in [5.41, 5.74) is 2.63. The molecule has 2 heterocycles. The lowest BCUT2D eigenvalue weighted by atomic mass is 9.99. The van der Waals surface area contributed by atoms with Crippen molar-refractivity contribution in [3.05, 3.63) is 35.4 Å². The van der Waals surface area contributed by atoms with Crippen molar-refractivity contribution in [2.24, 2.45) is 5.92 Å². The standard InChI is InChI=1S/C18H26N2O2/c1-12(2)19-18(21)16-8-15-10-20(11-17(16)22-15)9-14-6-4-5-13(3)7-14/h4-7,12,15-17H,8-11H2,1-3H3,(H,19,21)/t15-,16+,17-/m0/s1. The maximum atomic E-state index is 12.3. The van der Waals surface area contributed by atoms with E-state index in [1.165, 1.54) is 11.1 Å². The number of aryl methyl sites for hydroxylation is 1. The lowest BCUT2D eigenvalue weighted by Crippen LogP contribution is -2.45. The SMILES string of the molecule is Cc1cccc(CN2C[C@@H]3C[C@@H](C(=O)NC(C)C)[C@H](C2)O3)c1. The van der Waals surface area contributed by atoms with Crippen molar-refractivity contribution in [3.8, 4) is 0 Å². The van der Waals surface area contributed by atoms with Crippen LogP contribution < -0.4 is 5.32 Å². The molecule has 0 unspecified atom stereocenters. The normalized spacial score (nSPS) is 28.1. The molecule has 1 aromatic rings. The van der Waals surface area contributed by atoms with Gasteiger partial charge in [0, 0.05) is 25.7 Å². The van der Waals surface area contributed by atoms with Crippen LogP contribution in [0.4, 0.5) is 0 Å². The van der Waals surface area contributed by atoms with Gasteiger partial charge < -0.3 is 10.1 Å². The quantitative estimate of drug-likeness (QED) is 0.926. The smallest absolute Gasteiger partial charge is 0.226 e. The van der Waals surface area contributed by atoms with E-state index >= 15 is 0 Å². The van der Waals surface area contributed by atoms with Crippen LogP contribution in [0.1, 0.15) is 31.4 Å². The fourth-order valence-corrected chi connectivity index (χ4v) is 3.60. The topological polar surface area (TPSA) is 41.6 Å². The zero-order valence-electron chi connectivity index (χ0n) is 13.7. The molecule has 3 rings (SSSR count). The van der Waals surface area contributed by atoms with Gasteiger partial charge in [-0.25, -0.2) is 0 Å². The van der Waals surface area contributed by atoms with Gasteiger partial charge in [-0.15, -0.1) is 0 Å². The maximum Gasteiger partial charge on any atom is 0.226 e. The molecule has 22 heavy (non-hydrogen) atoms. The third-order valence-corrected chi connectivity index (χ3v) is 4.49. The Labute approximate surface area is 132 Å². The second-order valence-corrected chi connectivity index (χ2v) is 6.99. The first kappa shape index (κ1) is 15.5. The first-order valence-corrected chi connectivity index (χ1v) is 8.25. The molecule has 1 N–H and O–H groups in total. The number of hydrogen-bond donors (Lipinski definition) is 1. The number of nitrogens with zero attached hydrogens (tertiary/aromatic N) is 1. The lowest BCUT2D eigenvalue weighted by molar-refractivity contribution is -0.128. The highest BCUT2D eigenvalue weighted by atomic mass is 16.5. The summed E-state index contributed by atoms with van der Waals surface area (Å²) >= 11 is 0. The summed E-state index contributed by atoms with van der Waals surface area (Å²) in [7, 11) is 0. The molecule has 4 heteroatoms. The molecule has 4 nitrogen and oxygen atoms in total. The van der Waals surface area contributed by atoms with Gasteiger partial charge in [-0.3, -0.25) is 9.69 Å². The van der Waals surface area contributed by atoms with Crippen molar-refractivity contribution < 1.29 is 9.53 Å². The average molecular weight is 302 g/mol. The fourth-order valence-electron chi connectivity index (χ4n) is 3.60. The van der Waals surface area contributed by atoms with Crippen molar-refractivity contribution in [3.63, 3.8) is 0 Å². The molecular formula is C18H26N2O2. The van der Waals surface area contributed by atoms with E-state index in [4.69, 9.17) is 4.74 Å². The molecule has 0 aliphatic carbocycles. The van der Waals surface area contributed by atoms with Gasteiger partial charge in [-0.2, -0.15) is 0 Å².